The average Bonchev–Trinajstić information content (AvgIpc) is 3.40. The van der Waals surface area contributed by atoms with E-state index in [9.17, 15) is 9.59 Å². The number of aryl methyl sites for hydroxylation is 1. The van der Waals surface area contributed by atoms with E-state index in [-0.39, 0.29) is 23.7 Å². The molecule has 2 aromatic carbocycles. The van der Waals surface area contributed by atoms with Crippen LogP contribution in [0.15, 0.2) is 42.5 Å². The number of amides is 2. The maximum atomic E-state index is 12.3. The lowest BCUT2D eigenvalue weighted by atomic mass is 10.1. The SMILES string of the molecule is Cc1cc(Cl)ccc1NC(=O)C1CC1C(=O)NCCc1ccc(Cl)cc1. The number of carbonyl (C=O) groups excluding carboxylic acids is 2. The van der Waals surface area contributed by atoms with Crippen molar-refractivity contribution in [3.8, 4) is 0 Å². The summed E-state index contributed by atoms with van der Waals surface area (Å²) in [4.78, 5) is 24.5. The molecule has 2 N–H and O–H groups in total. The summed E-state index contributed by atoms with van der Waals surface area (Å²) in [6.07, 6.45) is 1.32. The number of hydrogen-bond donors (Lipinski definition) is 2. The largest absolute Gasteiger partial charge is 0.356 e. The molecule has 1 saturated carbocycles. The first-order valence-electron chi connectivity index (χ1n) is 8.53. The average molecular weight is 391 g/mol. The van der Waals surface area contributed by atoms with Gasteiger partial charge in [-0.1, -0.05) is 35.3 Å². The second-order valence-corrected chi connectivity index (χ2v) is 7.44. The van der Waals surface area contributed by atoms with E-state index in [1.807, 2.05) is 31.2 Å². The maximum Gasteiger partial charge on any atom is 0.228 e. The topological polar surface area (TPSA) is 58.2 Å². The molecule has 0 saturated heterocycles. The molecule has 2 atom stereocenters. The van der Waals surface area contributed by atoms with Crippen molar-refractivity contribution < 1.29 is 9.59 Å². The first-order chi connectivity index (χ1) is 12.4. The number of carbonyl (C=O) groups is 2. The molecule has 0 bridgehead atoms. The summed E-state index contributed by atoms with van der Waals surface area (Å²) in [5.74, 6) is -0.686. The van der Waals surface area contributed by atoms with E-state index >= 15 is 0 Å². The molecule has 0 aromatic heterocycles. The van der Waals surface area contributed by atoms with Crippen molar-refractivity contribution in [1.82, 2.24) is 5.32 Å². The standard InChI is InChI=1S/C20H20Cl2N2O2/c1-12-10-15(22)6-7-18(12)24-20(26)17-11-16(17)19(25)23-9-8-13-2-4-14(21)5-3-13/h2-7,10,16-17H,8-9,11H2,1H3,(H,23,25)(H,24,26). The Labute approximate surface area is 162 Å². The van der Waals surface area contributed by atoms with Gasteiger partial charge in [0, 0.05) is 22.3 Å². The molecule has 0 aliphatic heterocycles. The molecule has 26 heavy (non-hydrogen) atoms. The molecule has 6 heteroatoms. The van der Waals surface area contributed by atoms with Crippen LogP contribution in [0.25, 0.3) is 0 Å². The zero-order chi connectivity index (χ0) is 18.7. The Kier molecular flexibility index (Phi) is 5.84. The Balaban J connectivity index is 1.44. The van der Waals surface area contributed by atoms with Gasteiger partial charge in [0.25, 0.3) is 0 Å². The van der Waals surface area contributed by atoms with E-state index in [2.05, 4.69) is 10.6 Å². The second-order valence-electron chi connectivity index (χ2n) is 6.56. The minimum atomic E-state index is -0.263. The molecule has 0 heterocycles. The van der Waals surface area contributed by atoms with Crippen LogP contribution in [0.2, 0.25) is 10.0 Å². The second kappa shape index (κ2) is 8.11. The van der Waals surface area contributed by atoms with Crippen LogP contribution in [0, 0.1) is 18.8 Å². The van der Waals surface area contributed by atoms with Crippen LogP contribution in [0.1, 0.15) is 17.5 Å². The Bertz CT molecular complexity index is 821. The molecule has 3 rings (SSSR count). The molecule has 2 amide bonds. The number of anilines is 1. The van der Waals surface area contributed by atoms with Crippen molar-refractivity contribution in [3.63, 3.8) is 0 Å². The Morgan fingerprint density at radius 2 is 1.65 bits per heavy atom. The summed E-state index contributed by atoms with van der Waals surface area (Å²) in [6.45, 7) is 2.43. The van der Waals surface area contributed by atoms with Crippen LogP contribution in [0.3, 0.4) is 0 Å². The fourth-order valence-corrected chi connectivity index (χ4v) is 3.23. The van der Waals surface area contributed by atoms with Gasteiger partial charge in [-0.2, -0.15) is 0 Å². The van der Waals surface area contributed by atoms with Crippen LogP contribution < -0.4 is 10.6 Å². The normalized spacial score (nSPS) is 18.3. The zero-order valence-electron chi connectivity index (χ0n) is 14.4. The van der Waals surface area contributed by atoms with Gasteiger partial charge < -0.3 is 10.6 Å². The van der Waals surface area contributed by atoms with Crippen molar-refractivity contribution in [2.75, 3.05) is 11.9 Å². The zero-order valence-corrected chi connectivity index (χ0v) is 15.9. The van der Waals surface area contributed by atoms with Crippen molar-refractivity contribution in [2.45, 2.75) is 19.8 Å². The minimum Gasteiger partial charge on any atom is -0.356 e. The lowest BCUT2D eigenvalue weighted by molar-refractivity contribution is -0.125. The van der Waals surface area contributed by atoms with Crippen LogP contribution in [-0.2, 0) is 16.0 Å². The van der Waals surface area contributed by atoms with Gasteiger partial charge in [-0.05, 0) is 61.2 Å². The highest BCUT2D eigenvalue weighted by atomic mass is 35.5. The Morgan fingerprint density at radius 3 is 2.35 bits per heavy atom. The molecule has 0 radical (unpaired) electrons. The monoisotopic (exact) mass is 390 g/mol. The Morgan fingerprint density at radius 1 is 1.00 bits per heavy atom. The third-order valence-corrected chi connectivity index (χ3v) is 5.02. The van der Waals surface area contributed by atoms with E-state index in [4.69, 9.17) is 23.2 Å². The highest BCUT2D eigenvalue weighted by molar-refractivity contribution is 6.31. The van der Waals surface area contributed by atoms with E-state index in [0.29, 0.717) is 23.0 Å². The highest BCUT2D eigenvalue weighted by Gasteiger charge is 2.47. The number of benzene rings is 2. The van der Waals surface area contributed by atoms with Crippen LogP contribution in [-0.4, -0.2) is 18.4 Å². The van der Waals surface area contributed by atoms with E-state index in [1.165, 1.54) is 0 Å². The molecule has 1 aliphatic rings. The third kappa shape index (κ3) is 4.77. The van der Waals surface area contributed by atoms with Gasteiger partial charge >= 0.3 is 0 Å². The lowest BCUT2D eigenvalue weighted by Gasteiger charge is -2.09. The molecule has 0 spiro atoms. The summed E-state index contributed by atoms with van der Waals surface area (Å²) < 4.78 is 0. The van der Waals surface area contributed by atoms with Gasteiger partial charge in [-0.15, -0.1) is 0 Å². The number of rotatable bonds is 6. The van der Waals surface area contributed by atoms with E-state index in [1.54, 1.807) is 18.2 Å². The summed E-state index contributed by atoms with van der Waals surface area (Å²) in [7, 11) is 0. The lowest BCUT2D eigenvalue weighted by Crippen LogP contribution is -2.29. The minimum absolute atomic E-state index is 0.0630. The fraction of sp³-hybridized carbons (Fsp3) is 0.300. The van der Waals surface area contributed by atoms with Crippen molar-refractivity contribution in [2.24, 2.45) is 11.8 Å². The van der Waals surface area contributed by atoms with Crippen LogP contribution in [0.4, 0.5) is 5.69 Å². The first kappa shape index (κ1) is 18.7. The van der Waals surface area contributed by atoms with Gasteiger partial charge in [0.15, 0.2) is 0 Å². The Hall–Kier alpha value is -2.04. The quantitative estimate of drug-likeness (QED) is 0.774. The molecule has 2 aromatic rings. The summed E-state index contributed by atoms with van der Waals surface area (Å²) in [6, 6.07) is 12.9. The molecule has 4 nitrogen and oxygen atoms in total. The van der Waals surface area contributed by atoms with Crippen molar-refractivity contribution in [1.29, 1.82) is 0 Å². The number of halogens is 2. The fourth-order valence-electron chi connectivity index (χ4n) is 2.88. The van der Waals surface area contributed by atoms with Crippen molar-refractivity contribution in [3.05, 3.63) is 63.6 Å². The van der Waals surface area contributed by atoms with Gasteiger partial charge in [-0.3, -0.25) is 9.59 Å². The number of nitrogens with one attached hydrogen (secondary N) is 2. The highest BCUT2D eigenvalue weighted by Crippen LogP contribution is 2.39. The molecular formula is C20H20Cl2N2O2. The number of hydrogen-bond acceptors (Lipinski definition) is 2. The van der Waals surface area contributed by atoms with Crippen molar-refractivity contribution >= 4 is 40.7 Å². The molecule has 1 aliphatic carbocycles. The van der Waals surface area contributed by atoms with E-state index in [0.717, 1.165) is 23.2 Å². The summed E-state index contributed by atoms with van der Waals surface area (Å²) >= 11 is 11.8. The summed E-state index contributed by atoms with van der Waals surface area (Å²) in [5, 5.41) is 7.11. The third-order valence-electron chi connectivity index (χ3n) is 4.54. The predicted molar refractivity (Wildman–Crippen MR) is 105 cm³/mol. The van der Waals surface area contributed by atoms with Crippen LogP contribution >= 0.6 is 23.2 Å². The molecule has 2 unspecified atom stereocenters. The first-order valence-corrected chi connectivity index (χ1v) is 9.29. The maximum absolute atomic E-state index is 12.3. The van der Waals surface area contributed by atoms with E-state index < -0.39 is 0 Å². The molecule has 1 fully saturated rings. The molecule has 136 valence electrons. The van der Waals surface area contributed by atoms with Gasteiger partial charge in [0.1, 0.15) is 0 Å². The predicted octanol–water partition coefficient (Wildman–Crippen LogP) is 4.24. The van der Waals surface area contributed by atoms with Gasteiger partial charge in [0.2, 0.25) is 11.8 Å². The van der Waals surface area contributed by atoms with Gasteiger partial charge in [-0.25, -0.2) is 0 Å². The molecular weight excluding hydrogens is 371 g/mol. The van der Waals surface area contributed by atoms with Gasteiger partial charge in [0.05, 0.1) is 11.8 Å². The smallest absolute Gasteiger partial charge is 0.228 e. The van der Waals surface area contributed by atoms with Crippen LogP contribution in [0.5, 0.6) is 0 Å². The summed E-state index contributed by atoms with van der Waals surface area (Å²) in [5.41, 5.74) is 2.74.